The summed E-state index contributed by atoms with van der Waals surface area (Å²) in [5.41, 5.74) is 2.44. The summed E-state index contributed by atoms with van der Waals surface area (Å²) in [4.78, 5) is 3.96. The van der Waals surface area contributed by atoms with Gasteiger partial charge in [-0.2, -0.15) is 0 Å². The number of rotatable bonds is 5. The van der Waals surface area contributed by atoms with Crippen molar-refractivity contribution in [3.8, 4) is 0 Å². The highest BCUT2D eigenvalue weighted by molar-refractivity contribution is 7.89. The summed E-state index contributed by atoms with van der Waals surface area (Å²) in [6.45, 7) is 3.81. The molecule has 0 amide bonds. The second kappa shape index (κ2) is 7.44. The maximum Gasteiger partial charge on any atom is 0.259 e. The van der Waals surface area contributed by atoms with Gasteiger partial charge in [0.2, 0.25) is 0 Å². The molecule has 0 fully saturated rings. The van der Waals surface area contributed by atoms with E-state index in [1.165, 1.54) is 11.9 Å². The van der Waals surface area contributed by atoms with Crippen LogP contribution in [0.1, 0.15) is 24.1 Å². The lowest BCUT2D eigenvalue weighted by atomic mass is 9.95. The first-order chi connectivity index (χ1) is 10.6. The van der Waals surface area contributed by atoms with Crippen LogP contribution in [0.2, 0.25) is 0 Å². The Hall–Kier alpha value is -1.41. The highest BCUT2D eigenvalue weighted by atomic mass is 35.5. The predicted octanol–water partition coefficient (Wildman–Crippen LogP) is 1.49. The number of aryl methyl sites for hydroxylation is 1. The van der Waals surface area contributed by atoms with Gasteiger partial charge in [-0.3, -0.25) is 0 Å². The van der Waals surface area contributed by atoms with Crippen molar-refractivity contribution in [2.75, 3.05) is 13.1 Å². The number of sulfonamides is 1. The average molecular weight is 357 g/mol. The molecule has 0 aliphatic carbocycles. The van der Waals surface area contributed by atoms with Gasteiger partial charge in [0.25, 0.3) is 10.0 Å². The molecule has 0 saturated carbocycles. The summed E-state index contributed by atoms with van der Waals surface area (Å²) in [6.07, 6.45) is 4.05. The number of nitrogens with one attached hydrogen (secondary N) is 2. The molecule has 0 saturated heterocycles. The smallest absolute Gasteiger partial charge is 0.259 e. The molecule has 1 unspecified atom stereocenters. The van der Waals surface area contributed by atoms with Crippen LogP contribution in [0.4, 0.5) is 0 Å². The van der Waals surface area contributed by atoms with E-state index in [4.69, 9.17) is 0 Å². The fourth-order valence-electron chi connectivity index (χ4n) is 2.69. The Morgan fingerprint density at radius 3 is 2.91 bits per heavy atom. The van der Waals surface area contributed by atoms with E-state index in [1.807, 2.05) is 25.1 Å². The summed E-state index contributed by atoms with van der Waals surface area (Å²) < 4.78 is 29.0. The second-order valence-electron chi connectivity index (χ2n) is 5.35. The van der Waals surface area contributed by atoms with Gasteiger partial charge in [0.15, 0.2) is 5.03 Å². The molecular weight excluding hydrogens is 336 g/mol. The quantitative estimate of drug-likeness (QED) is 0.851. The molecular formula is C15H21ClN4O2S. The van der Waals surface area contributed by atoms with Crippen molar-refractivity contribution in [2.45, 2.75) is 31.0 Å². The molecule has 8 heteroatoms. The first kappa shape index (κ1) is 17.9. The van der Waals surface area contributed by atoms with Gasteiger partial charge in [-0.1, -0.05) is 24.3 Å². The van der Waals surface area contributed by atoms with Gasteiger partial charge in [0, 0.05) is 25.3 Å². The molecule has 1 aliphatic heterocycles. The molecule has 0 bridgehead atoms. The van der Waals surface area contributed by atoms with Crippen molar-refractivity contribution in [2.24, 2.45) is 0 Å². The third kappa shape index (κ3) is 3.92. The van der Waals surface area contributed by atoms with Crippen LogP contribution in [0, 0.1) is 0 Å². The van der Waals surface area contributed by atoms with Crippen LogP contribution >= 0.6 is 12.4 Å². The van der Waals surface area contributed by atoms with Gasteiger partial charge < -0.3 is 9.88 Å². The van der Waals surface area contributed by atoms with Gasteiger partial charge in [-0.25, -0.2) is 18.1 Å². The van der Waals surface area contributed by atoms with Crippen molar-refractivity contribution in [1.29, 1.82) is 0 Å². The van der Waals surface area contributed by atoms with Crippen LogP contribution in [0.15, 0.2) is 41.8 Å². The van der Waals surface area contributed by atoms with Crippen molar-refractivity contribution >= 4 is 22.4 Å². The van der Waals surface area contributed by atoms with Crippen molar-refractivity contribution < 1.29 is 8.42 Å². The zero-order valence-electron chi connectivity index (χ0n) is 12.9. The molecule has 126 valence electrons. The molecule has 0 radical (unpaired) electrons. The van der Waals surface area contributed by atoms with Crippen LogP contribution in [0.5, 0.6) is 0 Å². The summed E-state index contributed by atoms with van der Waals surface area (Å²) in [5.74, 6) is 0. The highest BCUT2D eigenvalue weighted by Crippen LogP contribution is 2.22. The van der Waals surface area contributed by atoms with Gasteiger partial charge in [0.1, 0.15) is 0 Å². The third-order valence-electron chi connectivity index (χ3n) is 3.94. The van der Waals surface area contributed by atoms with E-state index in [0.717, 1.165) is 18.5 Å². The fourth-order valence-corrected chi connectivity index (χ4v) is 3.69. The second-order valence-corrected chi connectivity index (χ2v) is 7.06. The first-order valence-corrected chi connectivity index (χ1v) is 8.91. The van der Waals surface area contributed by atoms with Crippen molar-refractivity contribution in [3.05, 3.63) is 47.9 Å². The van der Waals surface area contributed by atoms with Gasteiger partial charge in [-0.05, 0) is 31.0 Å². The molecule has 2 N–H and O–H groups in total. The molecule has 1 aromatic heterocycles. The summed E-state index contributed by atoms with van der Waals surface area (Å²) in [7, 11) is -3.57. The predicted molar refractivity (Wildman–Crippen MR) is 91.2 cm³/mol. The molecule has 23 heavy (non-hydrogen) atoms. The van der Waals surface area contributed by atoms with Gasteiger partial charge in [0.05, 0.1) is 6.33 Å². The maximum atomic E-state index is 12.3. The lowest BCUT2D eigenvalue weighted by Gasteiger charge is -2.26. The standard InChI is InChI=1S/C15H20N4O2S.ClH/c1-2-19-10-15(17-11-19)22(20,21)18-9-14-13-6-4-3-5-12(13)7-8-16-14;/h3-6,10-11,14,16,18H,2,7-9H2,1H3;1H. The van der Waals surface area contributed by atoms with Gasteiger partial charge in [-0.15, -0.1) is 12.4 Å². The Morgan fingerprint density at radius 2 is 2.17 bits per heavy atom. The van der Waals surface area contributed by atoms with Crippen LogP contribution in [0.3, 0.4) is 0 Å². The monoisotopic (exact) mass is 356 g/mol. The average Bonchev–Trinajstić information content (AvgIpc) is 3.03. The number of hydrogen-bond donors (Lipinski definition) is 2. The van der Waals surface area contributed by atoms with E-state index in [9.17, 15) is 8.42 Å². The van der Waals surface area contributed by atoms with Crippen LogP contribution in [0.25, 0.3) is 0 Å². The molecule has 2 heterocycles. The van der Waals surface area contributed by atoms with Crippen LogP contribution < -0.4 is 10.0 Å². The number of halogens is 1. The lowest BCUT2D eigenvalue weighted by molar-refractivity contribution is 0.491. The third-order valence-corrected chi connectivity index (χ3v) is 5.25. The summed E-state index contributed by atoms with van der Waals surface area (Å²) in [5, 5.41) is 3.43. The molecule has 6 nitrogen and oxygen atoms in total. The Morgan fingerprint density at radius 1 is 1.39 bits per heavy atom. The number of nitrogens with zero attached hydrogens (tertiary/aromatic N) is 2. The molecule has 2 aromatic rings. The molecule has 1 aromatic carbocycles. The minimum Gasteiger partial charge on any atom is -0.336 e. The SMILES string of the molecule is CCn1cnc(S(=O)(=O)NCC2NCCc3ccccc32)c1.Cl. The number of aromatic nitrogens is 2. The topological polar surface area (TPSA) is 76.0 Å². The van der Waals surface area contributed by atoms with E-state index >= 15 is 0 Å². The minimum absolute atomic E-state index is 0. The zero-order chi connectivity index (χ0) is 15.6. The lowest BCUT2D eigenvalue weighted by Crippen LogP contribution is -2.38. The number of benzene rings is 1. The molecule has 1 atom stereocenters. The molecule has 0 spiro atoms. The van der Waals surface area contributed by atoms with E-state index in [1.54, 1.807) is 10.8 Å². The van der Waals surface area contributed by atoms with Gasteiger partial charge >= 0.3 is 0 Å². The van der Waals surface area contributed by atoms with E-state index in [2.05, 4.69) is 21.1 Å². The van der Waals surface area contributed by atoms with Crippen molar-refractivity contribution in [3.63, 3.8) is 0 Å². The Bertz CT molecular complexity index is 760. The molecule has 3 rings (SSSR count). The van der Waals surface area contributed by atoms with Crippen LogP contribution in [-0.2, 0) is 23.0 Å². The Labute approximate surface area is 142 Å². The van der Waals surface area contributed by atoms with E-state index < -0.39 is 10.0 Å². The summed E-state index contributed by atoms with van der Waals surface area (Å²) >= 11 is 0. The van der Waals surface area contributed by atoms with E-state index in [0.29, 0.717) is 13.1 Å². The summed E-state index contributed by atoms with van der Waals surface area (Å²) in [6, 6.07) is 8.14. The van der Waals surface area contributed by atoms with Crippen molar-refractivity contribution in [1.82, 2.24) is 19.6 Å². The number of hydrogen-bond acceptors (Lipinski definition) is 4. The minimum atomic E-state index is -3.57. The highest BCUT2D eigenvalue weighted by Gasteiger charge is 2.23. The Balaban J connectivity index is 0.00000192. The largest absolute Gasteiger partial charge is 0.336 e. The normalized spacial score (nSPS) is 17.3. The maximum absolute atomic E-state index is 12.3. The van der Waals surface area contributed by atoms with Crippen LogP contribution in [-0.4, -0.2) is 31.1 Å². The molecule has 1 aliphatic rings. The Kier molecular flexibility index (Phi) is 5.80. The van der Waals surface area contributed by atoms with E-state index in [-0.39, 0.29) is 23.5 Å². The first-order valence-electron chi connectivity index (χ1n) is 7.43. The number of fused-ring (bicyclic) bond motifs is 1. The number of imidazole rings is 1. The fraction of sp³-hybridized carbons (Fsp3) is 0.400. The zero-order valence-corrected chi connectivity index (χ0v) is 14.5.